The highest BCUT2D eigenvalue weighted by molar-refractivity contribution is 14.0. The minimum atomic E-state index is -0.0628. The summed E-state index contributed by atoms with van der Waals surface area (Å²) in [5.74, 6) is 1.64. The lowest BCUT2D eigenvalue weighted by Crippen LogP contribution is -2.25. The predicted octanol–water partition coefficient (Wildman–Crippen LogP) is 2.40. The van der Waals surface area contributed by atoms with Crippen molar-refractivity contribution in [3.05, 3.63) is 51.9 Å². The minimum absolute atomic E-state index is 0. The van der Waals surface area contributed by atoms with Crippen molar-refractivity contribution in [2.24, 2.45) is 17.8 Å². The number of ether oxygens (including phenoxy) is 2. The average Bonchev–Trinajstić information content (AvgIpc) is 2.84. The van der Waals surface area contributed by atoms with Gasteiger partial charge in [0.05, 0.1) is 19.8 Å². The summed E-state index contributed by atoms with van der Waals surface area (Å²) in [5.41, 5.74) is 8.12. The third-order valence-electron chi connectivity index (χ3n) is 4.07. The van der Waals surface area contributed by atoms with Crippen LogP contribution in [0.25, 0.3) is 0 Å². The lowest BCUT2D eigenvalue weighted by molar-refractivity contribution is 0.297. The van der Waals surface area contributed by atoms with Gasteiger partial charge in [0.25, 0.3) is 5.56 Å². The lowest BCUT2D eigenvalue weighted by Gasteiger charge is -2.11. The molecule has 0 radical (unpaired) electrons. The Morgan fingerprint density at radius 3 is 2.73 bits per heavy atom. The van der Waals surface area contributed by atoms with E-state index < -0.39 is 0 Å². The van der Waals surface area contributed by atoms with Crippen molar-refractivity contribution >= 4 is 35.6 Å². The minimum Gasteiger partial charge on any atom is -0.490 e. The number of aliphatic imine (C=N–C) groups is 1. The van der Waals surface area contributed by atoms with Gasteiger partial charge >= 0.3 is 0 Å². The van der Waals surface area contributed by atoms with E-state index in [1.807, 2.05) is 31.2 Å². The van der Waals surface area contributed by atoms with E-state index in [0.717, 1.165) is 23.6 Å². The van der Waals surface area contributed by atoms with Gasteiger partial charge in [-0.05, 0) is 31.2 Å². The highest BCUT2D eigenvalue weighted by Crippen LogP contribution is 2.32. The molecule has 0 saturated carbocycles. The van der Waals surface area contributed by atoms with Gasteiger partial charge in [-0.25, -0.2) is 4.99 Å². The van der Waals surface area contributed by atoms with E-state index in [9.17, 15) is 4.79 Å². The van der Waals surface area contributed by atoms with Crippen molar-refractivity contribution in [1.82, 2.24) is 4.57 Å². The summed E-state index contributed by atoms with van der Waals surface area (Å²) in [6, 6.07) is 9.18. The number of nitrogens with two attached hydrogens (primary N) is 1. The summed E-state index contributed by atoms with van der Waals surface area (Å²) in [5, 5.41) is 3.01. The standard InChI is InChI=1S/C18H22N4O3.HI/c1-12-4-5-13(17(23)22(12)2)11-20-18(19)21-14-6-7-15-16(10-14)25-9-3-8-24-15;/h4-7,10H,3,8-9,11H2,1-2H3,(H3,19,20,21);1H. The molecule has 0 spiro atoms. The number of benzene rings is 1. The Labute approximate surface area is 169 Å². The maximum absolute atomic E-state index is 12.2. The first-order chi connectivity index (χ1) is 12.0. The largest absolute Gasteiger partial charge is 0.490 e. The maximum Gasteiger partial charge on any atom is 0.255 e. The Kier molecular flexibility index (Phi) is 6.90. The molecule has 0 bridgehead atoms. The number of hydrogen-bond acceptors (Lipinski definition) is 4. The molecule has 140 valence electrons. The van der Waals surface area contributed by atoms with Gasteiger partial charge < -0.3 is 25.1 Å². The number of rotatable bonds is 3. The topological polar surface area (TPSA) is 90.9 Å². The Balaban J connectivity index is 0.00000243. The zero-order valence-corrected chi connectivity index (χ0v) is 17.2. The molecule has 0 amide bonds. The molecule has 3 N–H and O–H groups in total. The van der Waals surface area contributed by atoms with E-state index in [0.29, 0.717) is 24.5 Å². The number of anilines is 1. The van der Waals surface area contributed by atoms with Crippen LogP contribution in [0.5, 0.6) is 11.5 Å². The van der Waals surface area contributed by atoms with Crippen molar-refractivity contribution < 1.29 is 9.47 Å². The molecular formula is C18H23IN4O3. The monoisotopic (exact) mass is 470 g/mol. The number of pyridine rings is 1. The first-order valence-corrected chi connectivity index (χ1v) is 8.16. The first-order valence-electron chi connectivity index (χ1n) is 8.16. The van der Waals surface area contributed by atoms with Crippen LogP contribution in [0.4, 0.5) is 5.69 Å². The van der Waals surface area contributed by atoms with E-state index in [4.69, 9.17) is 15.2 Å². The second-order valence-electron chi connectivity index (χ2n) is 5.90. The molecule has 0 unspecified atom stereocenters. The van der Waals surface area contributed by atoms with Crippen LogP contribution in [0, 0.1) is 6.92 Å². The maximum atomic E-state index is 12.2. The molecule has 3 rings (SSSR count). The number of hydrogen-bond donors (Lipinski definition) is 2. The first kappa shape index (κ1) is 20.1. The highest BCUT2D eigenvalue weighted by Gasteiger charge is 2.11. The third-order valence-corrected chi connectivity index (χ3v) is 4.07. The number of halogens is 1. The van der Waals surface area contributed by atoms with E-state index in [1.165, 1.54) is 0 Å². The van der Waals surface area contributed by atoms with Gasteiger partial charge in [-0.2, -0.15) is 0 Å². The van der Waals surface area contributed by atoms with Crippen molar-refractivity contribution in [3.8, 4) is 11.5 Å². The summed E-state index contributed by atoms with van der Waals surface area (Å²) in [4.78, 5) is 16.4. The Bertz CT molecular complexity index is 864. The lowest BCUT2D eigenvalue weighted by atomic mass is 10.2. The molecule has 2 heterocycles. The van der Waals surface area contributed by atoms with E-state index >= 15 is 0 Å². The SMILES string of the molecule is Cc1ccc(CN=C(N)Nc2ccc3c(c2)OCCCO3)c(=O)n1C.I. The van der Waals surface area contributed by atoms with E-state index in [2.05, 4.69) is 10.3 Å². The van der Waals surface area contributed by atoms with Gasteiger partial charge in [0.15, 0.2) is 17.5 Å². The fourth-order valence-corrected chi connectivity index (χ4v) is 2.50. The third kappa shape index (κ3) is 4.69. The smallest absolute Gasteiger partial charge is 0.255 e. The van der Waals surface area contributed by atoms with Crippen LogP contribution >= 0.6 is 24.0 Å². The zero-order valence-electron chi connectivity index (χ0n) is 14.8. The molecule has 2 aromatic rings. The molecule has 7 nitrogen and oxygen atoms in total. The van der Waals surface area contributed by atoms with Gasteiger partial charge in [-0.3, -0.25) is 4.79 Å². The average molecular weight is 470 g/mol. The summed E-state index contributed by atoms with van der Waals surface area (Å²) >= 11 is 0. The Morgan fingerprint density at radius 2 is 1.96 bits per heavy atom. The van der Waals surface area contributed by atoms with Crippen LogP contribution in [0.15, 0.2) is 40.1 Å². The van der Waals surface area contributed by atoms with Gasteiger partial charge in [0.1, 0.15) is 0 Å². The quantitative estimate of drug-likeness (QED) is 0.409. The molecule has 1 aliphatic rings. The van der Waals surface area contributed by atoms with Crippen LogP contribution in [0.2, 0.25) is 0 Å². The zero-order chi connectivity index (χ0) is 17.8. The molecule has 26 heavy (non-hydrogen) atoms. The number of guanidine groups is 1. The van der Waals surface area contributed by atoms with Crippen molar-refractivity contribution in [1.29, 1.82) is 0 Å². The second-order valence-corrected chi connectivity index (χ2v) is 5.90. The molecular weight excluding hydrogens is 447 g/mol. The van der Waals surface area contributed by atoms with E-state index in [-0.39, 0.29) is 42.0 Å². The number of nitrogens with zero attached hydrogens (tertiary/aromatic N) is 2. The van der Waals surface area contributed by atoms with Gasteiger partial charge in [-0.1, -0.05) is 0 Å². The van der Waals surface area contributed by atoms with Crippen molar-refractivity contribution in [2.45, 2.75) is 19.9 Å². The molecule has 0 saturated heterocycles. The summed E-state index contributed by atoms with van der Waals surface area (Å²) in [6.45, 7) is 3.37. The predicted molar refractivity (Wildman–Crippen MR) is 113 cm³/mol. The van der Waals surface area contributed by atoms with Crippen molar-refractivity contribution in [3.63, 3.8) is 0 Å². The van der Waals surface area contributed by atoms with Crippen LogP contribution in [-0.4, -0.2) is 23.7 Å². The van der Waals surface area contributed by atoms with Crippen LogP contribution < -0.4 is 26.1 Å². The molecule has 8 heteroatoms. The van der Waals surface area contributed by atoms with Gasteiger partial charge in [-0.15, -0.1) is 24.0 Å². The molecule has 1 aromatic heterocycles. The Hall–Kier alpha value is -2.23. The van der Waals surface area contributed by atoms with Gasteiger partial charge in [0.2, 0.25) is 0 Å². The number of aryl methyl sites for hydroxylation is 1. The second kappa shape index (κ2) is 8.93. The normalized spacial score (nSPS) is 13.5. The molecule has 1 aromatic carbocycles. The number of aromatic nitrogens is 1. The van der Waals surface area contributed by atoms with Crippen LogP contribution in [0.3, 0.4) is 0 Å². The van der Waals surface area contributed by atoms with Crippen LogP contribution in [-0.2, 0) is 13.6 Å². The fraction of sp³-hybridized carbons (Fsp3) is 0.333. The highest BCUT2D eigenvalue weighted by atomic mass is 127. The number of nitrogens with one attached hydrogen (secondary N) is 1. The molecule has 1 aliphatic heterocycles. The number of fused-ring (bicyclic) bond motifs is 1. The van der Waals surface area contributed by atoms with Gasteiger partial charge in [0, 0.05) is 36.5 Å². The van der Waals surface area contributed by atoms with Crippen LogP contribution in [0.1, 0.15) is 17.7 Å². The molecule has 0 aliphatic carbocycles. The summed E-state index contributed by atoms with van der Waals surface area (Å²) in [7, 11) is 1.74. The Morgan fingerprint density at radius 1 is 1.23 bits per heavy atom. The fourth-order valence-electron chi connectivity index (χ4n) is 2.50. The summed E-state index contributed by atoms with van der Waals surface area (Å²) in [6.07, 6.45) is 0.854. The molecule has 0 fully saturated rings. The molecule has 0 atom stereocenters. The van der Waals surface area contributed by atoms with E-state index in [1.54, 1.807) is 17.7 Å². The summed E-state index contributed by atoms with van der Waals surface area (Å²) < 4.78 is 12.8. The van der Waals surface area contributed by atoms with Crippen molar-refractivity contribution in [2.75, 3.05) is 18.5 Å².